The highest BCUT2D eigenvalue weighted by atomic mass is 32.2. The van der Waals surface area contributed by atoms with E-state index in [1.807, 2.05) is 38.1 Å². The Bertz CT molecular complexity index is 999. The highest BCUT2D eigenvalue weighted by Crippen LogP contribution is 2.27. The Hall–Kier alpha value is -2.66. The standard InChI is InChI=1S/C19H17NO3S/c1-14-6-8-18(9-7-14)24(22,23)20-12-16(13-21)11-19(20)17-5-3-4-15(2)10-17/h3-13H,1-2H3. The number of carbonyl (C=O) groups is 1. The second-order valence-corrected chi connectivity index (χ2v) is 7.57. The van der Waals surface area contributed by atoms with E-state index in [0.29, 0.717) is 17.5 Å². The highest BCUT2D eigenvalue weighted by Gasteiger charge is 2.21. The third kappa shape index (κ3) is 2.90. The van der Waals surface area contributed by atoms with Crippen LogP contribution in [-0.4, -0.2) is 18.7 Å². The van der Waals surface area contributed by atoms with Gasteiger partial charge in [0.05, 0.1) is 10.6 Å². The topological polar surface area (TPSA) is 56.1 Å². The normalized spacial score (nSPS) is 11.4. The van der Waals surface area contributed by atoms with Gasteiger partial charge in [0, 0.05) is 11.8 Å². The van der Waals surface area contributed by atoms with E-state index in [9.17, 15) is 13.2 Å². The van der Waals surface area contributed by atoms with Gasteiger partial charge in [0.15, 0.2) is 6.29 Å². The molecular weight excluding hydrogens is 322 g/mol. The lowest BCUT2D eigenvalue weighted by Gasteiger charge is -2.11. The van der Waals surface area contributed by atoms with Gasteiger partial charge in [-0.05, 0) is 43.7 Å². The maximum absolute atomic E-state index is 13.0. The molecule has 0 atom stereocenters. The number of benzene rings is 2. The first-order valence-corrected chi connectivity index (χ1v) is 8.93. The average molecular weight is 339 g/mol. The number of carbonyl (C=O) groups excluding carboxylic acids is 1. The van der Waals surface area contributed by atoms with E-state index >= 15 is 0 Å². The lowest BCUT2D eigenvalue weighted by Crippen LogP contribution is -2.13. The summed E-state index contributed by atoms with van der Waals surface area (Å²) < 4.78 is 27.2. The number of aldehydes is 1. The lowest BCUT2D eigenvalue weighted by atomic mass is 10.1. The largest absolute Gasteiger partial charge is 0.298 e. The van der Waals surface area contributed by atoms with Crippen molar-refractivity contribution in [3.05, 3.63) is 77.5 Å². The van der Waals surface area contributed by atoms with Crippen LogP contribution in [0, 0.1) is 13.8 Å². The van der Waals surface area contributed by atoms with Crippen LogP contribution in [0.1, 0.15) is 21.5 Å². The first-order chi connectivity index (χ1) is 11.4. The maximum atomic E-state index is 13.0. The predicted molar refractivity (Wildman–Crippen MR) is 93.8 cm³/mol. The van der Waals surface area contributed by atoms with Crippen LogP contribution in [0.25, 0.3) is 11.3 Å². The van der Waals surface area contributed by atoms with Crippen molar-refractivity contribution in [1.29, 1.82) is 0 Å². The smallest absolute Gasteiger partial charge is 0.268 e. The molecule has 0 N–H and O–H groups in total. The summed E-state index contributed by atoms with van der Waals surface area (Å²) >= 11 is 0. The molecule has 24 heavy (non-hydrogen) atoms. The molecule has 0 spiro atoms. The van der Waals surface area contributed by atoms with Crippen molar-refractivity contribution in [2.75, 3.05) is 0 Å². The molecular formula is C19H17NO3S. The minimum atomic E-state index is -3.78. The molecule has 3 aromatic rings. The summed E-state index contributed by atoms with van der Waals surface area (Å²) in [7, 11) is -3.78. The summed E-state index contributed by atoms with van der Waals surface area (Å²) in [5, 5.41) is 0. The summed E-state index contributed by atoms with van der Waals surface area (Å²) in [5.74, 6) is 0. The van der Waals surface area contributed by atoms with Crippen LogP contribution >= 0.6 is 0 Å². The predicted octanol–water partition coefficient (Wildman–Crippen LogP) is 3.82. The molecule has 3 rings (SSSR count). The first kappa shape index (κ1) is 16.2. The van der Waals surface area contributed by atoms with Gasteiger partial charge in [-0.25, -0.2) is 12.4 Å². The van der Waals surface area contributed by atoms with E-state index in [0.717, 1.165) is 16.7 Å². The molecule has 4 nitrogen and oxygen atoms in total. The van der Waals surface area contributed by atoms with E-state index in [4.69, 9.17) is 0 Å². The summed E-state index contributed by atoms with van der Waals surface area (Å²) in [6, 6.07) is 15.8. The van der Waals surface area contributed by atoms with E-state index in [-0.39, 0.29) is 4.90 Å². The fourth-order valence-electron chi connectivity index (χ4n) is 2.57. The fraction of sp³-hybridized carbons (Fsp3) is 0.105. The molecule has 0 saturated carbocycles. The quantitative estimate of drug-likeness (QED) is 0.679. The highest BCUT2D eigenvalue weighted by molar-refractivity contribution is 7.90. The Morgan fingerprint density at radius 3 is 2.25 bits per heavy atom. The molecule has 1 heterocycles. The lowest BCUT2D eigenvalue weighted by molar-refractivity contribution is 0.112. The van der Waals surface area contributed by atoms with E-state index < -0.39 is 10.0 Å². The van der Waals surface area contributed by atoms with Crippen molar-refractivity contribution in [3.63, 3.8) is 0 Å². The van der Waals surface area contributed by atoms with Crippen LogP contribution in [-0.2, 0) is 10.0 Å². The van der Waals surface area contributed by atoms with Crippen LogP contribution < -0.4 is 0 Å². The Labute approximate surface area is 141 Å². The zero-order chi connectivity index (χ0) is 17.3. The molecule has 0 unspecified atom stereocenters. The molecule has 0 aliphatic carbocycles. The zero-order valence-electron chi connectivity index (χ0n) is 13.4. The average Bonchev–Trinajstić information content (AvgIpc) is 3.00. The number of aromatic nitrogens is 1. The Morgan fingerprint density at radius 2 is 1.62 bits per heavy atom. The number of hydrogen-bond acceptors (Lipinski definition) is 3. The Balaban J connectivity index is 2.22. The van der Waals surface area contributed by atoms with Crippen molar-refractivity contribution < 1.29 is 13.2 Å². The molecule has 0 fully saturated rings. The third-order valence-electron chi connectivity index (χ3n) is 3.83. The Kier molecular flexibility index (Phi) is 4.11. The summed E-state index contributed by atoms with van der Waals surface area (Å²) in [6.07, 6.45) is 2.01. The molecule has 0 aliphatic rings. The number of aryl methyl sites for hydroxylation is 2. The number of rotatable bonds is 4. The molecule has 0 saturated heterocycles. The van der Waals surface area contributed by atoms with Gasteiger partial charge in [0.25, 0.3) is 10.0 Å². The van der Waals surface area contributed by atoms with Gasteiger partial charge in [-0.2, -0.15) is 0 Å². The van der Waals surface area contributed by atoms with Crippen molar-refractivity contribution in [1.82, 2.24) is 3.97 Å². The van der Waals surface area contributed by atoms with Crippen LogP contribution in [0.3, 0.4) is 0 Å². The molecule has 0 aliphatic heterocycles. The molecule has 122 valence electrons. The molecule has 2 aromatic carbocycles. The van der Waals surface area contributed by atoms with Crippen LogP contribution in [0.15, 0.2) is 65.7 Å². The SMILES string of the molecule is Cc1ccc(S(=O)(=O)n2cc(C=O)cc2-c2cccc(C)c2)cc1. The molecule has 0 amide bonds. The van der Waals surface area contributed by atoms with Gasteiger partial charge < -0.3 is 0 Å². The maximum Gasteiger partial charge on any atom is 0.268 e. The van der Waals surface area contributed by atoms with Gasteiger partial charge in [-0.1, -0.05) is 41.5 Å². The summed E-state index contributed by atoms with van der Waals surface area (Å²) in [6.45, 7) is 3.83. The molecule has 1 aromatic heterocycles. The van der Waals surface area contributed by atoms with Gasteiger partial charge in [-0.3, -0.25) is 4.79 Å². The second kappa shape index (κ2) is 6.09. The van der Waals surface area contributed by atoms with Crippen LogP contribution in [0.5, 0.6) is 0 Å². The minimum absolute atomic E-state index is 0.190. The fourth-order valence-corrected chi connectivity index (χ4v) is 3.95. The van der Waals surface area contributed by atoms with Crippen LogP contribution in [0.4, 0.5) is 0 Å². The van der Waals surface area contributed by atoms with E-state index in [1.54, 1.807) is 30.3 Å². The summed E-state index contributed by atoms with van der Waals surface area (Å²) in [4.78, 5) is 11.4. The minimum Gasteiger partial charge on any atom is -0.298 e. The second-order valence-electron chi connectivity index (χ2n) is 5.76. The van der Waals surface area contributed by atoms with Gasteiger partial charge in [0.2, 0.25) is 0 Å². The van der Waals surface area contributed by atoms with Crippen molar-refractivity contribution in [2.45, 2.75) is 18.7 Å². The molecule has 0 bridgehead atoms. The molecule has 5 heteroatoms. The van der Waals surface area contributed by atoms with Crippen molar-refractivity contribution >= 4 is 16.3 Å². The summed E-state index contributed by atoms with van der Waals surface area (Å²) in [5.41, 5.74) is 3.54. The third-order valence-corrected chi connectivity index (χ3v) is 5.52. The monoisotopic (exact) mass is 339 g/mol. The van der Waals surface area contributed by atoms with E-state index in [2.05, 4.69) is 0 Å². The molecule has 0 radical (unpaired) electrons. The van der Waals surface area contributed by atoms with Gasteiger partial charge in [-0.15, -0.1) is 0 Å². The number of nitrogens with zero attached hydrogens (tertiary/aromatic N) is 1. The van der Waals surface area contributed by atoms with Gasteiger partial charge in [0.1, 0.15) is 0 Å². The van der Waals surface area contributed by atoms with Gasteiger partial charge >= 0.3 is 0 Å². The number of hydrogen-bond donors (Lipinski definition) is 0. The Morgan fingerprint density at radius 1 is 0.917 bits per heavy atom. The van der Waals surface area contributed by atoms with Crippen molar-refractivity contribution in [2.24, 2.45) is 0 Å². The first-order valence-electron chi connectivity index (χ1n) is 7.48. The van der Waals surface area contributed by atoms with Crippen LogP contribution in [0.2, 0.25) is 0 Å². The zero-order valence-corrected chi connectivity index (χ0v) is 14.2. The van der Waals surface area contributed by atoms with E-state index in [1.165, 1.54) is 10.2 Å². The van der Waals surface area contributed by atoms with Crippen molar-refractivity contribution in [3.8, 4) is 11.3 Å².